The van der Waals surface area contributed by atoms with Crippen molar-refractivity contribution in [3.05, 3.63) is 69.9 Å². The first-order valence-corrected chi connectivity index (χ1v) is 13.2. The summed E-state index contributed by atoms with van der Waals surface area (Å²) in [6, 6.07) is 10.8. The highest BCUT2D eigenvalue weighted by atomic mass is 35.5. The highest BCUT2D eigenvalue weighted by Crippen LogP contribution is 2.41. The average Bonchev–Trinajstić information content (AvgIpc) is 3.26. The summed E-state index contributed by atoms with van der Waals surface area (Å²) in [6.07, 6.45) is 5.35. The van der Waals surface area contributed by atoms with Crippen LogP contribution in [0.4, 0.5) is 5.69 Å². The lowest BCUT2D eigenvalue weighted by Gasteiger charge is -2.19. The van der Waals surface area contributed by atoms with E-state index >= 15 is 0 Å². The van der Waals surface area contributed by atoms with E-state index in [0.29, 0.717) is 47.0 Å². The van der Waals surface area contributed by atoms with Crippen molar-refractivity contribution >= 4 is 56.2 Å². The Kier molecular flexibility index (Phi) is 7.23. The first-order valence-electron chi connectivity index (χ1n) is 10.8. The molecule has 0 aliphatic carbocycles. The highest BCUT2D eigenvalue weighted by Gasteiger charge is 2.27. The maximum atomic E-state index is 11.0. The van der Waals surface area contributed by atoms with E-state index in [2.05, 4.69) is 0 Å². The molecule has 0 saturated heterocycles. The molecule has 7 nitrogen and oxygen atoms in total. The number of rotatable bonds is 8. The van der Waals surface area contributed by atoms with E-state index < -0.39 is 15.9 Å². The highest BCUT2D eigenvalue weighted by molar-refractivity contribution is 7.85. The number of ether oxygens (including phenoxy) is 1. The Hall–Kier alpha value is -2.52. The third kappa shape index (κ3) is 5.58. The number of hydrogen-bond donors (Lipinski definition) is 0. The normalized spacial score (nSPS) is 15.3. The fraction of sp³-hybridized carbons (Fsp3) is 0.292. The van der Waals surface area contributed by atoms with Gasteiger partial charge in [0.2, 0.25) is 11.5 Å². The van der Waals surface area contributed by atoms with E-state index in [9.17, 15) is 13.0 Å². The predicted octanol–water partition coefficient (Wildman–Crippen LogP) is 5.42. The minimum absolute atomic E-state index is 0.263. The smallest absolute Gasteiger partial charge is 0.374 e. The van der Waals surface area contributed by atoms with E-state index in [1.807, 2.05) is 47.7 Å². The van der Waals surface area contributed by atoms with Crippen molar-refractivity contribution in [2.75, 3.05) is 17.2 Å². The van der Waals surface area contributed by atoms with Crippen LogP contribution < -0.4 is 14.2 Å². The number of benzene rings is 2. The summed E-state index contributed by atoms with van der Waals surface area (Å²) in [5.74, 6) is 1.52. The summed E-state index contributed by atoms with van der Waals surface area (Å²) in [5, 5.41) is 1.20. The van der Waals surface area contributed by atoms with Gasteiger partial charge in [-0.1, -0.05) is 30.1 Å². The van der Waals surface area contributed by atoms with Crippen LogP contribution in [-0.4, -0.2) is 25.3 Å². The molecule has 0 N–H and O–H groups in total. The first kappa shape index (κ1) is 24.6. The Bertz CT molecular complexity index is 1400. The van der Waals surface area contributed by atoms with Crippen LogP contribution in [0.3, 0.4) is 0 Å². The lowest BCUT2D eigenvalue weighted by molar-refractivity contribution is -0.652. The van der Waals surface area contributed by atoms with Gasteiger partial charge in [0.15, 0.2) is 5.75 Å². The number of anilines is 1. The van der Waals surface area contributed by atoms with Crippen LogP contribution in [-0.2, 0) is 17.2 Å². The molecule has 0 bridgehead atoms. The molecule has 0 fully saturated rings. The summed E-state index contributed by atoms with van der Waals surface area (Å²) in [5.41, 5.74) is 3.37. The molecular weight excluding hydrogens is 499 g/mol. The van der Waals surface area contributed by atoms with E-state index in [1.54, 1.807) is 24.3 Å². The maximum Gasteiger partial charge on any atom is 0.374 e. The molecule has 0 atom stereocenters. The van der Waals surface area contributed by atoms with Crippen molar-refractivity contribution in [1.82, 2.24) is 0 Å². The molecular formula is C24H24Cl2N2O5S. The molecule has 1 aliphatic rings. The van der Waals surface area contributed by atoms with Crippen molar-refractivity contribution in [3.8, 4) is 5.75 Å². The molecule has 0 unspecified atom stereocenters. The molecule has 0 amide bonds. The van der Waals surface area contributed by atoms with Crippen LogP contribution >= 0.6 is 23.2 Å². The summed E-state index contributed by atoms with van der Waals surface area (Å²) in [7, 11) is -2.33. The van der Waals surface area contributed by atoms with Gasteiger partial charge in [-0.2, -0.15) is 4.57 Å². The largest absolute Gasteiger partial charge is 0.748 e. The van der Waals surface area contributed by atoms with Gasteiger partial charge >= 0.3 is 5.89 Å². The number of allylic oxidation sites excluding steroid dienone is 2. The van der Waals surface area contributed by atoms with Crippen LogP contribution in [0.5, 0.6) is 5.75 Å². The second kappa shape index (κ2) is 10.00. The molecule has 4 rings (SSSR count). The second-order valence-corrected chi connectivity index (χ2v) is 10.4. The van der Waals surface area contributed by atoms with E-state index in [0.717, 1.165) is 22.4 Å². The molecule has 34 heavy (non-hydrogen) atoms. The minimum atomic E-state index is -4.24. The number of hydrogen-bond acceptors (Lipinski definition) is 6. The van der Waals surface area contributed by atoms with E-state index in [4.69, 9.17) is 32.4 Å². The molecule has 0 spiro atoms. The number of aromatic nitrogens is 1. The van der Waals surface area contributed by atoms with Gasteiger partial charge in [-0.25, -0.2) is 8.42 Å². The quantitative estimate of drug-likeness (QED) is 0.223. The van der Waals surface area contributed by atoms with Gasteiger partial charge < -0.3 is 18.6 Å². The zero-order valence-corrected chi connectivity index (χ0v) is 21.1. The SMILES string of the molecule is CCC(/C=C1\Oc2ccc(Cl)cc2N1CCCCS(=O)(=O)[O-])=C\c1oc2ccc(Cl)cc2[n+]1C. The molecule has 0 saturated carbocycles. The summed E-state index contributed by atoms with van der Waals surface area (Å²) >= 11 is 12.3. The number of fused-ring (bicyclic) bond motifs is 2. The van der Waals surface area contributed by atoms with Crippen molar-refractivity contribution < 1.29 is 26.7 Å². The Morgan fingerprint density at radius 2 is 1.88 bits per heavy atom. The molecule has 2 heterocycles. The summed E-state index contributed by atoms with van der Waals surface area (Å²) < 4.78 is 46.9. The Morgan fingerprint density at radius 1 is 1.15 bits per heavy atom. The Morgan fingerprint density at radius 3 is 2.62 bits per heavy atom. The summed E-state index contributed by atoms with van der Waals surface area (Å²) in [6.45, 7) is 2.51. The molecule has 1 aromatic heterocycles. The van der Waals surface area contributed by atoms with Crippen LogP contribution in [0.25, 0.3) is 17.2 Å². The second-order valence-electron chi connectivity index (χ2n) is 8.00. The number of aryl methyl sites for hydroxylation is 1. The molecule has 0 radical (unpaired) electrons. The van der Waals surface area contributed by atoms with Crippen molar-refractivity contribution in [1.29, 1.82) is 0 Å². The monoisotopic (exact) mass is 522 g/mol. The topological polar surface area (TPSA) is 86.7 Å². The summed E-state index contributed by atoms with van der Waals surface area (Å²) in [4.78, 5) is 1.94. The lowest BCUT2D eigenvalue weighted by atomic mass is 10.1. The Balaban J connectivity index is 1.64. The molecule has 180 valence electrons. The molecule has 10 heteroatoms. The van der Waals surface area contributed by atoms with Crippen molar-refractivity contribution in [2.45, 2.75) is 26.2 Å². The number of nitrogens with zero attached hydrogens (tertiary/aromatic N) is 2. The standard InChI is InChI=1S/C24H24Cl2N2O5S/c1-3-16(12-23-27(2)19-14-17(25)6-8-21(19)32-23)13-24-28(10-4-5-11-34(29,30)31)20-15-18(26)7-9-22(20)33-24/h6-9,12-15H,3-5,10-11H2,1-2H3. The number of halogens is 2. The van der Waals surface area contributed by atoms with E-state index in [1.165, 1.54) is 0 Å². The van der Waals surface area contributed by atoms with Gasteiger partial charge in [-0.05, 0) is 55.2 Å². The van der Waals surface area contributed by atoms with Crippen LogP contribution in [0.1, 0.15) is 32.1 Å². The van der Waals surface area contributed by atoms with Crippen molar-refractivity contribution in [3.63, 3.8) is 0 Å². The maximum absolute atomic E-state index is 11.0. The zero-order valence-electron chi connectivity index (χ0n) is 18.8. The molecule has 1 aliphatic heterocycles. The fourth-order valence-electron chi connectivity index (χ4n) is 3.79. The zero-order chi connectivity index (χ0) is 24.5. The van der Waals surface area contributed by atoms with Gasteiger partial charge in [0.1, 0.15) is 7.05 Å². The number of oxazole rings is 1. The van der Waals surface area contributed by atoms with Crippen LogP contribution in [0.15, 0.2) is 58.3 Å². The van der Waals surface area contributed by atoms with Gasteiger partial charge in [-0.15, -0.1) is 0 Å². The van der Waals surface area contributed by atoms with Gasteiger partial charge in [0, 0.05) is 34.5 Å². The third-order valence-electron chi connectivity index (χ3n) is 5.57. The van der Waals surface area contributed by atoms with Crippen molar-refractivity contribution in [2.24, 2.45) is 7.05 Å². The molecule has 2 aromatic carbocycles. The predicted molar refractivity (Wildman–Crippen MR) is 132 cm³/mol. The van der Waals surface area contributed by atoms with E-state index in [-0.39, 0.29) is 6.42 Å². The first-order chi connectivity index (χ1) is 16.1. The van der Waals surface area contributed by atoms with Gasteiger partial charge in [0.05, 0.1) is 21.9 Å². The van der Waals surface area contributed by atoms with Gasteiger partial charge in [0.25, 0.3) is 5.52 Å². The molecule has 3 aromatic rings. The fourth-order valence-corrected chi connectivity index (χ4v) is 4.68. The third-order valence-corrected chi connectivity index (χ3v) is 6.83. The minimum Gasteiger partial charge on any atom is -0.748 e. The van der Waals surface area contributed by atoms with Crippen LogP contribution in [0, 0.1) is 0 Å². The van der Waals surface area contributed by atoms with Gasteiger partial charge in [-0.3, -0.25) is 0 Å². The number of unbranched alkanes of at least 4 members (excludes halogenated alkanes) is 1. The Labute approximate surface area is 208 Å². The average molecular weight is 523 g/mol. The lowest BCUT2D eigenvalue weighted by Crippen LogP contribution is -2.29. The van der Waals surface area contributed by atoms with Crippen LogP contribution in [0.2, 0.25) is 10.0 Å².